The van der Waals surface area contributed by atoms with E-state index in [0.29, 0.717) is 0 Å². The van der Waals surface area contributed by atoms with Crippen LogP contribution in [0, 0.1) is 6.92 Å². The third-order valence-electron chi connectivity index (χ3n) is 3.25. The van der Waals surface area contributed by atoms with E-state index in [2.05, 4.69) is 48.3 Å². The second-order valence-corrected chi connectivity index (χ2v) is 4.76. The van der Waals surface area contributed by atoms with Gasteiger partial charge in [-0.1, -0.05) is 13.8 Å². The lowest BCUT2D eigenvalue weighted by Gasteiger charge is -2.10. The first kappa shape index (κ1) is 13.7. The molecule has 19 heavy (non-hydrogen) atoms. The molecule has 4 nitrogen and oxygen atoms in total. The Hall–Kier alpha value is -1.68. The fraction of sp³-hybridized carbons (Fsp3) is 0.467. The number of nitrogens with one attached hydrogen (secondary N) is 1. The molecule has 0 unspecified atom stereocenters. The van der Waals surface area contributed by atoms with Crippen LogP contribution in [0.5, 0.6) is 0 Å². The lowest BCUT2D eigenvalue weighted by molar-refractivity contribution is 0.758. The van der Waals surface area contributed by atoms with Crippen molar-refractivity contribution in [1.82, 2.24) is 20.1 Å². The normalized spacial score (nSPS) is 10.9. The number of hydrogen-bond donors (Lipinski definition) is 1. The lowest BCUT2D eigenvalue weighted by Crippen LogP contribution is -2.09. The van der Waals surface area contributed by atoms with Gasteiger partial charge in [-0.3, -0.25) is 0 Å². The molecular formula is C15H22N4. The van der Waals surface area contributed by atoms with E-state index >= 15 is 0 Å². The summed E-state index contributed by atoms with van der Waals surface area (Å²) >= 11 is 0. The molecule has 0 aliphatic heterocycles. The maximum absolute atomic E-state index is 4.64. The van der Waals surface area contributed by atoms with Crippen LogP contribution in [-0.4, -0.2) is 21.8 Å². The molecule has 0 radical (unpaired) electrons. The average Bonchev–Trinajstić information content (AvgIpc) is 2.82. The number of nitrogens with zero attached hydrogens (tertiary/aromatic N) is 3. The minimum Gasteiger partial charge on any atom is -0.316 e. The predicted octanol–water partition coefficient (Wildman–Crippen LogP) is 2.42. The van der Waals surface area contributed by atoms with Crippen molar-refractivity contribution in [3.8, 4) is 5.82 Å². The summed E-state index contributed by atoms with van der Waals surface area (Å²) in [6.07, 6.45) is 3.84. The summed E-state index contributed by atoms with van der Waals surface area (Å²) < 4.78 is 1.98. The molecule has 0 spiro atoms. The number of aromatic nitrogens is 3. The van der Waals surface area contributed by atoms with E-state index in [1.165, 1.54) is 11.3 Å². The van der Waals surface area contributed by atoms with Gasteiger partial charge in [0.1, 0.15) is 0 Å². The first-order valence-corrected chi connectivity index (χ1v) is 6.87. The maximum atomic E-state index is 4.64. The van der Waals surface area contributed by atoms with Crippen molar-refractivity contribution in [3.05, 3.63) is 40.8 Å². The van der Waals surface area contributed by atoms with Crippen molar-refractivity contribution in [3.63, 3.8) is 0 Å². The number of pyridine rings is 1. The molecule has 0 aliphatic rings. The monoisotopic (exact) mass is 258 g/mol. The molecule has 0 saturated heterocycles. The number of rotatable bonds is 5. The highest BCUT2D eigenvalue weighted by molar-refractivity contribution is 5.36. The largest absolute Gasteiger partial charge is 0.316 e. The smallest absolute Gasteiger partial charge is 0.156 e. The molecule has 4 heteroatoms. The summed E-state index contributed by atoms with van der Waals surface area (Å²) in [5, 5.41) is 7.79. The maximum Gasteiger partial charge on any atom is 0.156 e. The van der Waals surface area contributed by atoms with Gasteiger partial charge in [0, 0.05) is 18.4 Å². The molecule has 2 aromatic heterocycles. The Balaban J connectivity index is 2.43. The Labute approximate surface area is 114 Å². The minimum absolute atomic E-state index is 0.841. The second kappa shape index (κ2) is 5.97. The fourth-order valence-electron chi connectivity index (χ4n) is 2.23. The van der Waals surface area contributed by atoms with Crippen molar-refractivity contribution in [1.29, 1.82) is 0 Å². The van der Waals surface area contributed by atoms with Gasteiger partial charge in [0.05, 0.1) is 5.69 Å². The molecule has 0 atom stereocenters. The standard InChI is InChI=1S/C15H22N4/c1-5-13-8-14(6-2)19(18-13)15-11(3)7-12(9-16-4)10-17-15/h7-8,10,16H,5-6,9H2,1-4H3. The highest BCUT2D eigenvalue weighted by Gasteiger charge is 2.11. The van der Waals surface area contributed by atoms with Crippen molar-refractivity contribution in [2.45, 2.75) is 40.2 Å². The molecule has 0 amide bonds. The van der Waals surface area contributed by atoms with Crippen LogP contribution in [-0.2, 0) is 19.4 Å². The van der Waals surface area contributed by atoms with Gasteiger partial charge >= 0.3 is 0 Å². The van der Waals surface area contributed by atoms with Crippen molar-refractivity contribution < 1.29 is 0 Å². The molecule has 0 aliphatic carbocycles. The summed E-state index contributed by atoms with van der Waals surface area (Å²) in [6, 6.07) is 4.34. The van der Waals surface area contributed by atoms with E-state index in [4.69, 9.17) is 0 Å². The van der Waals surface area contributed by atoms with Crippen LogP contribution < -0.4 is 5.32 Å². The Morgan fingerprint density at radius 3 is 2.58 bits per heavy atom. The van der Waals surface area contributed by atoms with Crippen LogP contribution in [0.3, 0.4) is 0 Å². The van der Waals surface area contributed by atoms with Gasteiger partial charge in [0.25, 0.3) is 0 Å². The van der Waals surface area contributed by atoms with E-state index in [1.54, 1.807) is 0 Å². The Bertz CT molecular complexity index is 557. The van der Waals surface area contributed by atoms with Crippen LogP contribution >= 0.6 is 0 Å². The topological polar surface area (TPSA) is 42.7 Å². The average molecular weight is 258 g/mol. The van der Waals surface area contributed by atoms with Gasteiger partial charge in [-0.2, -0.15) is 5.10 Å². The summed E-state index contributed by atoms with van der Waals surface area (Å²) in [4.78, 5) is 4.58. The molecule has 0 aromatic carbocycles. The van der Waals surface area contributed by atoms with Gasteiger partial charge in [0.15, 0.2) is 5.82 Å². The molecule has 2 aromatic rings. The Kier molecular flexibility index (Phi) is 4.32. The second-order valence-electron chi connectivity index (χ2n) is 4.76. The molecule has 102 valence electrons. The van der Waals surface area contributed by atoms with Crippen molar-refractivity contribution in [2.24, 2.45) is 0 Å². The molecule has 0 bridgehead atoms. The molecule has 1 N–H and O–H groups in total. The van der Waals surface area contributed by atoms with Gasteiger partial charge in [0.2, 0.25) is 0 Å². The molecule has 2 rings (SSSR count). The van der Waals surface area contributed by atoms with Crippen molar-refractivity contribution >= 4 is 0 Å². The summed E-state index contributed by atoms with van der Waals surface area (Å²) in [7, 11) is 1.94. The fourth-order valence-corrected chi connectivity index (χ4v) is 2.23. The molecule has 0 fully saturated rings. The minimum atomic E-state index is 0.841. The predicted molar refractivity (Wildman–Crippen MR) is 77.6 cm³/mol. The highest BCUT2D eigenvalue weighted by atomic mass is 15.3. The lowest BCUT2D eigenvalue weighted by atomic mass is 10.2. The van der Waals surface area contributed by atoms with Crippen LogP contribution in [0.1, 0.15) is 36.4 Å². The summed E-state index contributed by atoms with van der Waals surface area (Å²) in [6.45, 7) is 7.21. The van der Waals surface area contributed by atoms with Crippen molar-refractivity contribution in [2.75, 3.05) is 7.05 Å². The highest BCUT2D eigenvalue weighted by Crippen LogP contribution is 2.16. The van der Waals surface area contributed by atoms with Gasteiger partial charge < -0.3 is 5.32 Å². The Morgan fingerprint density at radius 1 is 1.21 bits per heavy atom. The zero-order valence-electron chi connectivity index (χ0n) is 12.2. The van der Waals surface area contributed by atoms with Gasteiger partial charge in [-0.15, -0.1) is 0 Å². The molecule has 0 saturated carbocycles. The van der Waals surface area contributed by atoms with E-state index in [9.17, 15) is 0 Å². The van der Waals surface area contributed by atoms with Crippen LogP contribution in [0.4, 0.5) is 0 Å². The first-order chi connectivity index (χ1) is 9.19. The van der Waals surface area contributed by atoms with E-state index < -0.39 is 0 Å². The van der Waals surface area contributed by atoms with Crippen LogP contribution in [0.2, 0.25) is 0 Å². The van der Waals surface area contributed by atoms with Crippen LogP contribution in [0.15, 0.2) is 18.3 Å². The van der Waals surface area contributed by atoms with Crippen LogP contribution in [0.25, 0.3) is 5.82 Å². The quantitative estimate of drug-likeness (QED) is 0.895. The third-order valence-corrected chi connectivity index (χ3v) is 3.25. The zero-order valence-corrected chi connectivity index (χ0v) is 12.2. The molecular weight excluding hydrogens is 236 g/mol. The summed E-state index contributed by atoms with van der Waals surface area (Å²) in [5.74, 6) is 0.941. The van der Waals surface area contributed by atoms with E-state index in [0.717, 1.165) is 36.5 Å². The SMILES string of the molecule is CCc1cc(CC)n(-c2ncc(CNC)cc2C)n1. The third kappa shape index (κ3) is 2.84. The summed E-state index contributed by atoms with van der Waals surface area (Å²) in [5.41, 5.74) is 4.70. The number of aryl methyl sites for hydroxylation is 3. The van der Waals surface area contributed by atoms with Gasteiger partial charge in [-0.05, 0) is 50.1 Å². The Morgan fingerprint density at radius 2 is 2.00 bits per heavy atom. The van der Waals surface area contributed by atoms with E-state index in [1.807, 2.05) is 17.9 Å². The van der Waals surface area contributed by atoms with E-state index in [-0.39, 0.29) is 0 Å². The molecule has 2 heterocycles. The zero-order chi connectivity index (χ0) is 13.8. The first-order valence-electron chi connectivity index (χ1n) is 6.87. The van der Waals surface area contributed by atoms with Gasteiger partial charge in [-0.25, -0.2) is 9.67 Å². The number of hydrogen-bond acceptors (Lipinski definition) is 3.